The van der Waals surface area contributed by atoms with E-state index in [1.807, 2.05) is 30.3 Å². The molecule has 1 heterocycles. The van der Waals surface area contributed by atoms with Crippen molar-refractivity contribution in [2.75, 3.05) is 6.54 Å². The highest BCUT2D eigenvalue weighted by molar-refractivity contribution is 6.12. The number of benzene rings is 1. The lowest BCUT2D eigenvalue weighted by Gasteiger charge is -2.18. The van der Waals surface area contributed by atoms with E-state index in [0.717, 1.165) is 17.5 Å². The van der Waals surface area contributed by atoms with E-state index >= 15 is 0 Å². The summed E-state index contributed by atoms with van der Waals surface area (Å²) in [6.07, 6.45) is 6.88. The molecule has 5 nitrogen and oxygen atoms in total. The molecule has 0 atom stereocenters. The fraction of sp³-hybridized carbons (Fsp3) is 0.278. The van der Waals surface area contributed by atoms with Crippen molar-refractivity contribution in [2.45, 2.75) is 25.7 Å². The van der Waals surface area contributed by atoms with Crippen molar-refractivity contribution in [3.8, 4) is 0 Å². The van der Waals surface area contributed by atoms with E-state index in [1.165, 1.54) is 17.1 Å². The molecule has 2 aliphatic rings. The molecule has 0 radical (unpaired) electrons. The predicted octanol–water partition coefficient (Wildman–Crippen LogP) is 2.53. The Hall–Kier alpha value is -2.69. The Bertz CT molecular complexity index is 699. The van der Waals surface area contributed by atoms with Gasteiger partial charge in [-0.15, -0.1) is 0 Å². The first-order chi connectivity index (χ1) is 11.1. The van der Waals surface area contributed by atoms with Crippen LogP contribution < -0.4 is 0 Å². The molecule has 0 N–H and O–H groups in total. The van der Waals surface area contributed by atoms with Gasteiger partial charge in [-0.05, 0) is 24.5 Å². The Kier molecular flexibility index (Phi) is 4.37. The van der Waals surface area contributed by atoms with E-state index < -0.39 is 0 Å². The lowest BCUT2D eigenvalue weighted by atomic mass is 9.96. The zero-order chi connectivity index (χ0) is 16.2. The molecule has 23 heavy (non-hydrogen) atoms. The highest BCUT2D eigenvalue weighted by Gasteiger charge is 2.22. The normalized spacial score (nSPS) is 15.3. The molecule has 0 aromatic heterocycles. The number of imide groups is 1. The van der Waals surface area contributed by atoms with Gasteiger partial charge in [-0.25, -0.2) is 0 Å². The van der Waals surface area contributed by atoms with Gasteiger partial charge in [0, 0.05) is 30.7 Å². The molecule has 0 unspecified atom stereocenters. The molecule has 0 spiro atoms. The van der Waals surface area contributed by atoms with E-state index in [1.54, 1.807) is 0 Å². The summed E-state index contributed by atoms with van der Waals surface area (Å²) in [5.74, 6) is -0.138. The Morgan fingerprint density at radius 3 is 2.48 bits per heavy atom. The van der Waals surface area contributed by atoms with E-state index in [0.29, 0.717) is 31.6 Å². The van der Waals surface area contributed by atoms with Crippen molar-refractivity contribution in [3.05, 3.63) is 47.5 Å². The van der Waals surface area contributed by atoms with Crippen molar-refractivity contribution in [3.63, 3.8) is 0 Å². The highest BCUT2D eigenvalue weighted by atomic mass is 16.5. The van der Waals surface area contributed by atoms with Gasteiger partial charge in [-0.1, -0.05) is 30.7 Å². The number of fused-ring (bicyclic) bond motifs is 1. The van der Waals surface area contributed by atoms with Crippen LogP contribution >= 0.6 is 0 Å². The summed E-state index contributed by atoms with van der Waals surface area (Å²) in [5.41, 5.74) is 2.06. The number of nitrogens with zero attached hydrogens (tertiary/aromatic N) is 1. The fourth-order valence-electron chi connectivity index (χ4n) is 2.61. The van der Waals surface area contributed by atoms with Crippen molar-refractivity contribution in [2.24, 2.45) is 0 Å². The summed E-state index contributed by atoms with van der Waals surface area (Å²) in [6, 6.07) is 7.76. The summed E-state index contributed by atoms with van der Waals surface area (Å²) in [7, 11) is 0. The van der Waals surface area contributed by atoms with Crippen molar-refractivity contribution >= 4 is 29.6 Å². The van der Waals surface area contributed by atoms with Crippen LogP contribution in [0.4, 0.5) is 0 Å². The first-order valence-electron chi connectivity index (χ1n) is 7.70. The summed E-state index contributed by atoms with van der Waals surface area (Å²) < 4.78 is 5.32. The van der Waals surface area contributed by atoms with Crippen molar-refractivity contribution in [1.29, 1.82) is 0 Å². The van der Waals surface area contributed by atoms with Gasteiger partial charge in [0.2, 0.25) is 0 Å². The lowest BCUT2D eigenvalue weighted by Crippen LogP contribution is -2.30. The van der Waals surface area contributed by atoms with Crippen LogP contribution in [-0.4, -0.2) is 29.2 Å². The summed E-state index contributed by atoms with van der Waals surface area (Å²) in [5, 5.41) is 0. The first-order valence-corrected chi connectivity index (χ1v) is 7.70. The molecular formula is C18H17NO4. The third kappa shape index (κ3) is 3.39. The van der Waals surface area contributed by atoms with Crippen molar-refractivity contribution in [1.82, 2.24) is 4.90 Å². The zero-order valence-electron chi connectivity index (χ0n) is 12.7. The summed E-state index contributed by atoms with van der Waals surface area (Å²) in [4.78, 5) is 35.7. The standard InChI is InChI=1S/C18H17NO4/c20-16-9-10-17(21)19(16)11-5-1-2-8-18(22)23-15-12-13-6-3-4-7-14(13)15/h3-4,6-7,9-10,12H,1-2,5,8,11H2. The van der Waals surface area contributed by atoms with Crippen LogP contribution in [0.1, 0.15) is 36.8 Å². The number of rotatable bonds is 7. The molecule has 0 bridgehead atoms. The summed E-state index contributed by atoms with van der Waals surface area (Å²) >= 11 is 0. The van der Waals surface area contributed by atoms with Gasteiger partial charge < -0.3 is 4.74 Å². The Balaban J connectivity index is 1.32. The smallest absolute Gasteiger partial charge is 0.311 e. The molecule has 118 valence electrons. The molecule has 1 aliphatic carbocycles. The Morgan fingerprint density at radius 1 is 1.00 bits per heavy atom. The Morgan fingerprint density at radius 2 is 1.74 bits per heavy atom. The SMILES string of the molecule is O=C(CCCCCN1C(=O)C=CC1=O)OC1=Cc2ccccc21. The fourth-order valence-corrected chi connectivity index (χ4v) is 2.61. The van der Waals surface area contributed by atoms with Crippen LogP contribution in [0.15, 0.2) is 36.4 Å². The van der Waals surface area contributed by atoms with Crippen molar-refractivity contribution < 1.29 is 19.1 Å². The molecule has 0 saturated heterocycles. The molecule has 3 rings (SSSR count). The van der Waals surface area contributed by atoms with Crippen LogP contribution in [0.2, 0.25) is 0 Å². The van der Waals surface area contributed by atoms with Crippen LogP contribution in [-0.2, 0) is 19.1 Å². The minimum absolute atomic E-state index is 0.249. The van der Waals surface area contributed by atoms with Gasteiger partial charge in [0.25, 0.3) is 11.8 Å². The Labute approximate surface area is 134 Å². The van der Waals surface area contributed by atoms with E-state index in [-0.39, 0.29) is 17.8 Å². The lowest BCUT2D eigenvalue weighted by molar-refractivity contribution is -0.138. The highest BCUT2D eigenvalue weighted by Crippen LogP contribution is 2.33. The van der Waals surface area contributed by atoms with Gasteiger partial charge in [0.1, 0.15) is 5.76 Å². The zero-order valence-corrected chi connectivity index (χ0v) is 12.7. The minimum Gasteiger partial charge on any atom is -0.426 e. The third-order valence-electron chi connectivity index (χ3n) is 3.90. The quantitative estimate of drug-likeness (QED) is 0.441. The largest absolute Gasteiger partial charge is 0.426 e. The number of hydrogen-bond donors (Lipinski definition) is 0. The summed E-state index contributed by atoms with van der Waals surface area (Å²) in [6.45, 7) is 0.401. The molecule has 1 aromatic carbocycles. The molecule has 0 fully saturated rings. The maximum absolute atomic E-state index is 11.8. The molecule has 1 aromatic rings. The van der Waals surface area contributed by atoms with E-state index in [2.05, 4.69) is 0 Å². The average molecular weight is 311 g/mol. The second kappa shape index (κ2) is 6.60. The van der Waals surface area contributed by atoms with Crippen LogP contribution in [0.5, 0.6) is 0 Å². The molecule has 2 amide bonds. The molecule has 0 saturated carbocycles. The number of amides is 2. The predicted molar refractivity (Wildman–Crippen MR) is 84.7 cm³/mol. The number of hydrogen-bond acceptors (Lipinski definition) is 4. The van der Waals surface area contributed by atoms with Gasteiger partial charge in [0.15, 0.2) is 0 Å². The van der Waals surface area contributed by atoms with Crippen LogP contribution in [0.25, 0.3) is 11.8 Å². The van der Waals surface area contributed by atoms with Gasteiger partial charge in [-0.3, -0.25) is 19.3 Å². The molecule has 1 aliphatic heterocycles. The first kappa shape index (κ1) is 15.2. The maximum Gasteiger partial charge on any atom is 0.311 e. The van der Waals surface area contributed by atoms with Crippen LogP contribution in [0.3, 0.4) is 0 Å². The van der Waals surface area contributed by atoms with Gasteiger partial charge in [0.05, 0.1) is 0 Å². The average Bonchev–Trinajstić information content (AvgIpc) is 2.84. The molecular weight excluding hydrogens is 294 g/mol. The van der Waals surface area contributed by atoms with E-state index in [9.17, 15) is 14.4 Å². The monoisotopic (exact) mass is 311 g/mol. The maximum atomic E-state index is 11.8. The van der Waals surface area contributed by atoms with Crippen LogP contribution in [0, 0.1) is 0 Å². The van der Waals surface area contributed by atoms with E-state index in [4.69, 9.17) is 4.74 Å². The number of carbonyl (C=O) groups is 3. The topological polar surface area (TPSA) is 63.7 Å². The molecule has 5 heteroatoms. The number of esters is 1. The number of ether oxygens (including phenoxy) is 1. The number of unbranched alkanes of at least 4 members (excludes halogenated alkanes) is 2. The number of carbonyl (C=O) groups excluding carboxylic acids is 3. The third-order valence-corrected chi connectivity index (χ3v) is 3.90. The minimum atomic E-state index is -0.259. The second-order valence-corrected chi connectivity index (χ2v) is 5.54. The van der Waals surface area contributed by atoms with Gasteiger partial charge >= 0.3 is 5.97 Å². The van der Waals surface area contributed by atoms with Gasteiger partial charge in [-0.2, -0.15) is 0 Å². The second-order valence-electron chi connectivity index (χ2n) is 5.54.